The normalized spacial score (nSPS) is 11.9. The first kappa shape index (κ1) is 18.5. The average Bonchev–Trinajstić information content (AvgIpc) is 2.56. The number of hydrogen-bond acceptors (Lipinski definition) is 6. The van der Waals surface area contributed by atoms with Crippen LogP contribution in [0.15, 0.2) is 34.6 Å². The van der Waals surface area contributed by atoms with Gasteiger partial charge in [-0.2, -0.15) is 0 Å². The third kappa shape index (κ3) is 5.28. The summed E-state index contributed by atoms with van der Waals surface area (Å²) in [7, 11) is 2.83. The van der Waals surface area contributed by atoms with E-state index in [2.05, 4.69) is 15.1 Å². The number of carbonyl (C=O) groups is 1. The molecule has 23 heavy (non-hydrogen) atoms. The van der Waals surface area contributed by atoms with Gasteiger partial charge >= 0.3 is 6.09 Å². The number of hydrogen-bond donors (Lipinski definition) is 0. The second-order valence-electron chi connectivity index (χ2n) is 4.65. The molecule has 1 aromatic carbocycles. The SMILES string of the molecule is CCN(C(=O)OC)c1ccccc1CON=C(C)/C(C)=N/OC. The highest BCUT2D eigenvalue weighted by Gasteiger charge is 2.17. The van der Waals surface area contributed by atoms with Crippen molar-refractivity contribution in [2.75, 3.05) is 25.7 Å². The van der Waals surface area contributed by atoms with Crippen molar-refractivity contribution < 1.29 is 19.2 Å². The van der Waals surface area contributed by atoms with Gasteiger partial charge in [0, 0.05) is 12.1 Å². The zero-order chi connectivity index (χ0) is 17.2. The molecule has 0 fully saturated rings. The Balaban J connectivity index is 2.88. The molecule has 0 N–H and O–H groups in total. The van der Waals surface area contributed by atoms with Gasteiger partial charge in [0.2, 0.25) is 0 Å². The molecule has 0 atom stereocenters. The monoisotopic (exact) mass is 321 g/mol. The number of benzene rings is 1. The topological polar surface area (TPSA) is 72.7 Å². The number of ether oxygens (including phenoxy) is 1. The van der Waals surface area contributed by atoms with Crippen LogP contribution in [0.1, 0.15) is 26.3 Å². The molecule has 0 bridgehead atoms. The number of para-hydroxylation sites is 1. The highest BCUT2D eigenvalue weighted by atomic mass is 16.6. The molecule has 7 heteroatoms. The van der Waals surface area contributed by atoms with Gasteiger partial charge in [-0.3, -0.25) is 4.90 Å². The van der Waals surface area contributed by atoms with Gasteiger partial charge in [0.05, 0.1) is 12.8 Å². The van der Waals surface area contributed by atoms with Crippen LogP contribution in [0.5, 0.6) is 0 Å². The van der Waals surface area contributed by atoms with Crippen LogP contribution < -0.4 is 4.90 Å². The maximum absolute atomic E-state index is 11.8. The molecule has 0 unspecified atom stereocenters. The molecule has 0 spiro atoms. The van der Waals surface area contributed by atoms with Crippen LogP contribution in [-0.2, 0) is 21.0 Å². The van der Waals surface area contributed by atoms with Crippen molar-refractivity contribution in [3.63, 3.8) is 0 Å². The van der Waals surface area contributed by atoms with Crippen LogP contribution in [0.2, 0.25) is 0 Å². The van der Waals surface area contributed by atoms with Gasteiger partial charge < -0.3 is 14.4 Å². The van der Waals surface area contributed by atoms with Crippen molar-refractivity contribution in [2.24, 2.45) is 10.3 Å². The molecule has 0 aliphatic heterocycles. The Kier molecular flexibility index (Phi) is 7.59. The van der Waals surface area contributed by atoms with E-state index in [0.29, 0.717) is 18.0 Å². The van der Waals surface area contributed by atoms with Gasteiger partial charge in [0.1, 0.15) is 25.1 Å². The summed E-state index contributed by atoms with van der Waals surface area (Å²) >= 11 is 0. The minimum Gasteiger partial charge on any atom is -0.452 e. The number of methoxy groups -OCH3 is 1. The first-order valence-electron chi connectivity index (χ1n) is 7.23. The van der Waals surface area contributed by atoms with Crippen LogP contribution in [-0.4, -0.2) is 38.3 Å². The first-order valence-corrected chi connectivity index (χ1v) is 7.23. The van der Waals surface area contributed by atoms with Crippen molar-refractivity contribution in [1.29, 1.82) is 0 Å². The molecule has 0 aromatic heterocycles. The predicted molar refractivity (Wildman–Crippen MR) is 89.9 cm³/mol. The Bertz CT molecular complexity index is 584. The van der Waals surface area contributed by atoms with Crippen molar-refractivity contribution in [3.8, 4) is 0 Å². The smallest absolute Gasteiger partial charge is 0.413 e. The molecule has 1 rings (SSSR count). The Morgan fingerprint density at radius 3 is 2.39 bits per heavy atom. The standard InChI is InChI=1S/C16H23N3O4/c1-6-19(16(20)21-4)15-10-8-7-9-14(15)11-23-18-13(3)12(2)17-22-5/h7-10H,6,11H2,1-5H3/b17-12+,18-13?. The number of amides is 1. The fourth-order valence-corrected chi connectivity index (χ4v) is 1.87. The molecule has 7 nitrogen and oxygen atoms in total. The number of nitrogens with zero attached hydrogens (tertiary/aromatic N) is 3. The fourth-order valence-electron chi connectivity index (χ4n) is 1.87. The second kappa shape index (κ2) is 9.45. The summed E-state index contributed by atoms with van der Waals surface area (Å²) in [6.07, 6.45) is -0.414. The maximum Gasteiger partial charge on any atom is 0.413 e. The van der Waals surface area contributed by atoms with Crippen LogP contribution in [0.3, 0.4) is 0 Å². The van der Waals surface area contributed by atoms with E-state index in [0.717, 1.165) is 11.3 Å². The largest absolute Gasteiger partial charge is 0.452 e. The second-order valence-corrected chi connectivity index (χ2v) is 4.65. The van der Waals surface area contributed by atoms with Crippen LogP contribution in [0.4, 0.5) is 10.5 Å². The number of anilines is 1. The van der Waals surface area contributed by atoms with E-state index in [-0.39, 0.29) is 6.61 Å². The number of oxime groups is 2. The Morgan fingerprint density at radius 1 is 1.13 bits per heavy atom. The third-order valence-corrected chi connectivity index (χ3v) is 3.17. The van der Waals surface area contributed by atoms with Gasteiger partial charge in [-0.05, 0) is 26.8 Å². The molecule has 0 heterocycles. The molecular formula is C16H23N3O4. The van der Waals surface area contributed by atoms with E-state index in [4.69, 9.17) is 9.57 Å². The summed E-state index contributed by atoms with van der Waals surface area (Å²) in [4.78, 5) is 23.4. The summed E-state index contributed by atoms with van der Waals surface area (Å²) in [6.45, 7) is 6.14. The molecule has 0 radical (unpaired) electrons. The average molecular weight is 321 g/mol. The minimum atomic E-state index is -0.414. The molecular weight excluding hydrogens is 298 g/mol. The minimum absolute atomic E-state index is 0.223. The highest BCUT2D eigenvalue weighted by molar-refractivity contribution is 6.40. The lowest BCUT2D eigenvalue weighted by atomic mass is 10.1. The Morgan fingerprint density at radius 2 is 1.78 bits per heavy atom. The fraction of sp³-hybridized carbons (Fsp3) is 0.438. The Labute approximate surface area is 136 Å². The molecule has 0 aliphatic rings. The predicted octanol–water partition coefficient (Wildman–Crippen LogP) is 3.19. The molecule has 0 aliphatic carbocycles. The van der Waals surface area contributed by atoms with E-state index >= 15 is 0 Å². The lowest BCUT2D eigenvalue weighted by Crippen LogP contribution is -2.31. The van der Waals surface area contributed by atoms with E-state index in [9.17, 15) is 4.79 Å². The molecule has 1 amide bonds. The summed E-state index contributed by atoms with van der Waals surface area (Å²) in [5, 5.41) is 7.78. The van der Waals surface area contributed by atoms with Crippen LogP contribution in [0, 0.1) is 0 Å². The summed E-state index contributed by atoms with van der Waals surface area (Å²) in [5.41, 5.74) is 2.81. The first-order chi connectivity index (χ1) is 11.0. The van der Waals surface area contributed by atoms with Gasteiger partial charge in [-0.25, -0.2) is 4.79 Å². The number of carbonyl (C=O) groups excluding carboxylic acids is 1. The van der Waals surface area contributed by atoms with Gasteiger partial charge in [-0.1, -0.05) is 28.5 Å². The van der Waals surface area contributed by atoms with E-state index in [1.807, 2.05) is 31.2 Å². The zero-order valence-corrected chi connectivity index (χ0v) is 14.2. The van der Waals surface area contributed by atoms with E-state index in [1.165, 1.54) is 19.1 Å². The lowest BCUT2D eigenvalue weighted by molar-refractivity contribution is 0.131. The summed E-state index contributed by atoms with van der Waals surface area (Å²) < 4.78 is 4.80. The summed E-state index contributed by atoms with van der Waals surface area (Å²) in [6, 6.07) is 7.45. The van der Waals surface area contributed by atoms with Gasteiger partial charge in [0.25, 0.3) is 0 Å². The number of rotatable bonds is 7. The Hall–Kier alpha value is -2.57. The van der Waals surface area contributed by atoms with Crippen molar-refractivity contribution in [1.82, 2.24) is 0 Å². The quantitative estimate of drug-likeness (QED) is 0.571. The third-order valence-electron chi connectivity index (χ3n) is 3.17. The van der Waals surface area contributed by atoms with E-state index < -0.39 is 6.09 Å². The molecule has 126 valence electrons. The zero-order valence-electron chi connectivity index (χ0n) is 14.2. The molecule has 1 aromatic rings. The maximum atomic E-state index is 11.8. The van der Waals surface area contributed by atoms with Crippen LogP contribution >= 0.6 is 0 Å². The van der Waals surface area contributed by atoms with Gasteiger partial charge in [-0.15, -0.1) is 0 Å². The van der Waals surface area contributed by atoms with Crippen LogP contribution in [0.25, 0.3) is 0 Å². The summed E-state index contributed by atoms with van der Waals surface area (Å²) in [5.74, 6) is 0. The van der Waals surface area contributed by atoms with E-state index in [1.54, 1.807) is 13.8 Å². The van der Waals surface area contributed by atoms with Crippen molar-refractivity contribution in [2.45, 2.75) is 27.4 Å². The van der Waals surface area contributed by atoms with Gasteiger partial charge in [0.15, 0.2) is 0 Å². The molecule has 0 saturated carbocycles. The molecule has 0 saturated heterocycles. The van der Waals surface area contributed by atoms with Crippen molar-refractivity contribution >= 4 is 23.2 Å². The van der Waals surface area contributed by atoms with Crippen molar-refractivity contribution in [3.05, 3.63) is 29.8 Å². The lowest BCUT2D eigenvalue weighted by Gasteiger charge is -2.21. The highest BCUT2D eigenvalue weighted by Crippen LogP contribution is 2.22.